The van der Waals surface area contributed by atoms with Crippen LogP contribution in [-0.4, -0.2) is 43.4 Å². The molecule has 1 aromatic heterocycles. The van der Waals surface area contributed by atoms with Crippen LogP contribution in [0, 0.1) is 0 Å². The van der Waals surface area contributed by atoms with E-state index in [1.54, 1.807) is 13.2 Å². The Morgan fingerprint density at radius 1 is 1.39 bits per heavy atom. The standard InChI is InChI=1S/C19H17NO8/c1-24-11-6-12-16(9-4-5-25-19(9)27-12)17-15(11)8-2-3-10(14(8)18(23)28-17)20-26-7-13(21)22/h6,9,19H,2-5,7H2,1H3,(H,21,22)/b20-10+. The summed E-state index contributed by atoms with van der Waals surface area (Å²) in [6.45, 7) is 0.0180. The van der Waals surface area contributed by atoms with Gasteiger partial charge in [-0.2, -0.15) is 0 Å². The van der Waals surface area contributed by atoms with Crippen LogP contribution in [0.25, 0.3) is 11.0 Å². The molecule has 1 aromatic carbocycles. The fourth-order valence-corrected chi connectivity index (χ4v) is 4.27. The van der Waals surface area contributed by atoms with Crippen molar-refractivity contribution >= 4 is 22.7 Å². The van der Waals surface area contributed by atoms with Crippen LogP contribution in [0.2, 0.25) is 0 Å². The Bertz CT molecular complexity index is 1090. The van der Waals surface area contributed by atoms with E-state index in [-0.39, 0.29) is 12.2 Å². The first-order chi connectivity index (χ1) is 13.6. The SMILES string of the molecule is COc1cc2c(c3oc(=O)c4c(c13)CC/C4=N\OCC(=O)O)C1CCOC1O2. The molecule has 0 saturated carbocycles. The summed E-state index contributed by atoms with van der Waals surface area (Å²) in [6.07, 6.45) is 1.42. The first-order valence-electron chi connectivity index (χ1n) is 8.98. The lowest BCUT2D eigenvalue weighted by atomic mass is 9.94. The predicted octanol–water partition coefficient (Wildman–Crippen LogP) is 1.78. The summed E-state index contributed by atoms with van der Waals surface area (Å²) in [5, 5.41) is 13.3. The highest BCUT2D eigenvalue weighted by molar-refractivity contribution is 6.08. The Morgan fingerprint density at radius 2 is 2.25 bits per heavy atom. The monoisotopic (exact) mass is 387 g/mol. The number of ether oxygens (including phenoxy) is 3. The number of fused-ring (bicyclic) bond motifs is 7. The third-order valence-corrected chi connectivity index (χ3v) is 5.38. The van der Waals surface area contributed by atoms with Crippen LogP contribution < -0.4 is 15.1 Å². The first kappa shape index (κ1) is 17.1. The number of rotatable bonds is 4. The maximum Gasteiger partial charge on any atom is 0.345 e. The number of nitrogens with zero attached hydrogens (tertiary/aromatic N) is 1. The number of carbonyl (C=O) groups is 1. The van der Waals surface area contributed by atoms with E-state index >= 15 is 0 Å². The zero-order valence-electron chi connectivity index (χ0n) is 15.0. The minimum Gasteiger partial charge on any atom is -0.496 e. The Morgan fingerprint density at radius 3 is 3.04 bits per heavy atom. The van der Waals surface area contributed by atoms with Crippen molar-refractivity contribution in [2.45, 2.75) is 31.5 Å². The number of hydrogen-bond acceptors (Lipinski definition) is 8. The fourth-order valence-electron chi connectivity index (χ4n) is 4.27. The maximum atomic E-state index is 12.8. The zero-order valence-corrected chi connectivity index (χ0v) is 15.0. The van der Waals surface area contributed by atoms with Crippen molar-refractivity contribution in [2.24, 2.45) is 5.16 Å². The van der Waals surface area contributed by atoms with Crippen molar-refractivity contribution in [3.05, 3.63) is 33.2 Å². The minimum absolute atomic E-state index is 0.0121. The van der Waals surface area contributed by atoms with Gasteiger partial charge in [0.2, 0.25) is 12.9 Å². The molecule has 2 atom stereocenters. The number of oxime groups is 1. The number of benzene rings is 1. The molecule has 9 nitrogen and oxygen atoms in total. The Kier molecular flexibility index (Phi) is 3.80. The van der Waals surface area contributed by atoms with Gasteiger partial charge in [-0.3, -0.25) is 0 Å². The van der Waals surface area contributed by atoms with Crippen molar-refractivity contribution in [1.29, 1.82) is 0 Å². The highest BCUT2D eigenvalue weighted by Crippen LogP contribution is 2.51. The summed E-state index contributed by atoms with van der Waals surface area (Å²) in [7, 11) is 1.55. The summed E-state index contributed by atoms with van der Waals surface area (Å²) < 4.78 is 22.8. The maximum absolute atomic E-state index is 12.8. The minimum atomic E-state index is -1.14. The molecule has 2 aliphatic heterocycles. The molecule has 9 heteroatoms. The number of aliphatic carboxylic acids is 1. The molecule has 5 rings (SSSR count). The lowest BCUT2D eigenvalue weighted by molar-refractivity contribution is -0.142. The van der Waals surface area contributed by atoms with Crippen molar-refractivity contribution in [3.8, 4) is 11.5 Å². The normalized spacial score (nSPS) is 23.4. The topological polar surface area (TPSA) is 117 Å². The second-order valence-corrected chi connectivity index (χ2v) is 6.90. The van der Waals surface area contributed by atoms with Crippen LogP contribution in [0.1, 0.15) is 35.4 Å². The number of carboxylic acids is 1. The van der Waals surface area contributed by atoms with Crippen LogP contribution in [0.5, 0.6) is 11.5 Å². The molecule has 1 fully saturated rings. The number of aryl methyl sites for hydroxylation is 1. The lowest BCUT2D eigenvalue weighted by Gasteiger charge is -2.13. The zero-order chi connectivity index (χ0) is 19.4. The van der Waals surface area contributed by atoms with Crippen LogP contribution in [-0.2, 0) is 20.8 Å². The quantitative estimate of drug-likeness (QED) is 0.623. The molecule has 28 heavy (non-hydrogen) atoms. The van der Waals surface area contributed by atoms with Gasteiger partial charge in [0.05, 0.1) is 36.3 Å². The molecular formula is C19H17NO8. The van der Waals surface area contributed by atoms with Crippen molar-refractivity contribution in [1.82, 2.24) is 0 Å². The molecule has 1 aliphatic carbocycles. The Labute approximate surface area is 158 Å². The number of carboxylic acid groups (broad SMARTS) is 1. The molecule has 3 heterocycles. The molecule has 1 N–H and O–H groups in total. The van der Waals surface area contributed by atoms with Crippen LogP contribution >= 0.6 is 0 Å². The second-order valence-electron chi connectivity index (χ2n) is 6.90. The molecule has 0 spiro atoms. The molecule has 0 amide bonds. The molecule has 0 radical (unpaired) electrons. The summed E-state index contributed by atoms with van der Waals surface area (Å²) in [6, 6.07) is 1.80. The first-order valence-corrected chi connectivity index (χ1v) is 8.98. The van der Waals surface area contributed by atoms with Gasteiger partial charge in [0.15, 0.2) is 0 Å². The molecule has 1 saturated heterocycles. The third kappa shape index (κ3) is 2.39. The van der Waals surface area contributed by atoms with Crippen LogP contribution in [0.4, 0.5) is 0 Å². The van der Waals surface area contributed by atoms with Crippen LogP contribution in [0.3, 0.4) is 0 Å². The van der Waals surface area contributed by atoms with Gasteiger partial charge in [0, 0.05) is 11.6 Å². The molecule has 3 aliphatic rings. The summed E-state index contributed by atoms with van der Waals surface area (Å²) >= 11 is 0. The number of hydrogen-bond donors (Lipinski definition) is 1. The molecule has 0 bridgehead atoms. The molecule has 2 aromatic rings. The number of methoxy groups -OCH3 is 1. The summed E-state index contributed by atoms with van der Waals surface area (Å²) in [4.78, 5) is 28.3. The smallest absolute Gasteiger partial charge is 0.345 e. The highest BCUT2D eigenvalue weighted by atomic mass is 16.7. The van der Waals surface area contributed by atoms with Crippen molar-refractivity contribution in [2.75, 3.05) is 20.3 Å². The van der Waals surface area contributed by atoms with Gasteiger partial charge in [-0.1, -0.05) is 5.16 Å². The molecule has 146 valence electrons. The Balaban J connectivity index is 1.71. The molecule has 2 unspecified atom stereocenters. The lowest BCUT2D eigenvalue weighted by Crippen LogP contribution is -2.15. The van der Waals surface area contributed by atoms with Crippen LogP contribution in [0.15, 0.2) is 20.4 Å². The van der Waals surface area contributed by atoms with Gasteiger partial charge in [0.25, 0.3) is 0 Å². The summed E-state index contributed by atoms with van der Waals surface area (Å²) in [5.41, 5.74) is 2.23. The average Bonchev–Trinajstić information content (AvgIpc) is 3.34. The van der Waals surface area contributed by atoms with Gasteiger partial charge >= 0.3 is 11.6 Å². The van der Waals surface area contributed by atoms with Gasteiger partial charge in [0.1, 0.15) is 17.1 Å². The largest absolute Gasteiger partial charge is 0.496 e. The van der Waals surface area contributed by atoms with Crippen molar-refractivity contribution < 1.29 is 33.4 Å². The third-order valence-electron chi connectivity index (χ3n) is 5.38. The second kappa shape index (κ2) is 6.23. The van der Waals surface area contributed by atoms with E-state index in [4.69, 9.17) is 28.6 Å². The van der Waals surface area contributed by atoms with Gasteiger partial charge in [-0.25, -0.2) is 9.59 Å². The van der Waals surface area contributed by atoms with E-state index in [0.29, 0.717) is 47.8 Å². The van der Waals surface area contributed by atoms with E-state index in [1.807, 2.05) is 0 Å². The van der Waals surface area contributed by atoms with E-state index < -0.39 is 18.2 Å². The van der Waals surface area contributed by atoms with E-state index in [1.165, 1.54) is 0 Å². The Hall–Kier alpha value is -3.07. The predicted molar refractivity (Wildman–Crippen MR) is 95.2 cm³/mol. The van der Waals surface area contributed by atoms with E-state index in [0.717, 1.165) is 22.9 Å². The fraction of sp³-hybridized carbons (Fsp3) is 0.421. The van der Waals surface area contributed by atoms with Gasteiger partial charge in [-0.05, 0) is 24.8 Å². The van der Waals surface area contributed by atoms with E-state index in [9.17, 15) is 9.59 Å². The van der Waals surface area contributed by atoms with Gasteiger partial charge in [-0.15, -0.1) is 0 Å². The summed E-state index contributed by atoms with van der Waals surface area (Å²) in [5.74, 6) is 0.0250. The average molecular weight is 387 g/mol. The van der Waals surface area contributed by atoms with Gasteiger partial charge < -0.3 is 28.6 Å². The van der Waals surface area contributed by atoms with E-state index in [2.05, 4.69) is 5.16 Å². The van der Waals surface area contributed by atoms with Crippen molar-refractivity contribution in [3.63, 3.8) is 0 Å². The molecular weight excluding hydrogens is 370 g/mol. The highest BCUT2D eigenvalue weighted by Gasteiger charge is 2.43.